The van der Waals surface area contributed by atoms with E-state index in [1.54, 1.807) is 6.07 Å². The van der Waals surface area contributed by atoms with Gasteiger partial charge in [0.05, 0.1) is 6.20 Å². The Kier molecular flexibility index (Phi) is 4.05. The second-order valence-corrected chi connectivity index (χ2v) is 12.6. The van der Waals surface area contributed by atoms with E-state index in [0.29, 0.717) is 35.6 Å². The zero-order valence-electron chi connectivity index (χ0n) is 22.0. The number of amides is 2. The normalized spacial score (nSPS) is 36.2. The summed E-state index contributed by atoms with van der Waals surface area (Å²) >= 11 is 0. The maximum absolute atomic E-state index is 14.5. The van der Waals surface area contributed by atoms with Crippen molar-refractivity contribution in [1.82, 2.24) is 30.1 Å². The zero-order chi connectivity index (χ0) is 27.3. The Hall–Kier alpha value is -3.86. The van der Waals surface area contributed by atoms with E-state index in [4.69, 9.17) is 4.74 Å². The Labute approximate surface area is 228 Å². The van der Waals surface area contributed by atoms with Gasteiger partial charge in [0.2, 0.25) is 0 Å². The number of hydrogen-bond acceptors (Lipinski definition) is 7. The average molecular weight is 543 g/mol. The summed E-state index contributed by atoms with van der Waals surface area (Å²) in [6.45, 7) is 0.847. The first-order valence-electron chi connectivity index (χ1n) is 13.8. The molecule has 0 radical (unpaired) electrons. The van der Waals surface area contributed by atoms with Crippen LogP contribution in [0.1, 0.15) is 32.1 Å². The Morgan fingerprint density at radius 2 is 1.85 bits per heavy atom. The fourth-order valence-corrected chi connectivity index (χ4v) is 10.2. The molecule has 0 spiro atoms. The molecule has 0 saturated heterocycles. The number of nitrogens with one attached hydrogen (secondary N) is 2. The molecule has 6 fully saturated rings. The van der Waals surface area contributed by atoms with E-state index in [1.165, 1.54) is 6.07 Å². The number of ketones is 1. The molecule has 2 amide bonds. The van der Waals surface area contributed by atoms with E-state index < -0.39 is 11.7 Å². The third-order valence-corrected chi connectivity index (χ3v) is 11.4. The number of fused-ring (bicyclic) bond motifs is 2. The first kappa shape index (κ1) is 22.9. The van der Waals surface area contributed by atoms with Crippen LogP contribution in [0.2, 0.25) is 0 Å². The highest BCUT2D eigenvalue weighted by Crippen LogP contribution is 3.07. The summed E-state index contributed by atoms with van der Waals surface area (Å²) in [5.41, 5.74) is 2.07. The largest absolute Gasteiger partial charge is 0.486 e. The molecule has 3 heterocycles. The summed E-state index contributed by atoms with van der Waals surface area (Å²) < 4.78 is 21.1. The van der Waals surface area contributed by atoms with Crippen molar-refractivity contribution in [3.05, 3.63) is 58.8 Å². The molecule has 10 rings (SSSR count). The van der Waals surface area contributed by atoms with E-state index in [-0.39, 0.29) is 53.7 Å². The third kappa shape index (κ3) is 2.28. The summed E-state index contributed by atoms with van der Waals surface area (Å²) in [6, 6.07) is 6.78. The smallest absolute Gasteiger partial charge is 0.270 e. The van der Waals surface area contributed by atoms with Crippen LogP contribution in [0, 0.1) is 46.7 Å². The molecule has 2 aromatic heterocycles. The van der Waals surface area contributed by atoms with Crippen molar-refractivity contribution in [2.24, 2.45) is 40.9 Å². The highest BCUT2D eigenvalue weighted by atomic mass is 19.1. The van der Waals surface area contributed by atoms with E-state index >= 15 is 0 Å². The van der Waals surface area contributed by atoms with Crippen molar-refractivity contribution in [1.29, 1.82) is 0 Å². The van der Waals surface area contributed by atoms with Gasteiger partial charge in [-0.2, -0.15) is 5.10 Å². The van der Waals surface area contributed by atoms with Crippen molar-refractivity contribution in [3.8, 4) is 5.75 Å². The quantitative estimate of drug-likeness (QED) is 0.459. The van der Waals surface area contributed by atoms with Crippen molar-refractivity contribution in [3.63, 3.8) is 0 Å². The van der Waals surface area contributed by atoms with Crippen LogP contribution in [0.5, 0.6) is 5.75 Å². The van der Waals surface area contributed by atoms with Gasteiger partial charge in [-0.15, -0.1) is 0 Å². The van der Waals surface area contributed by atoms with Gasteiger partial charge < -0.3 is 20.3 Å². The minimum atomic E-state index is -0.710. The lowest BCUT2D eigenvalue weighted by Crippen LogP contribution is -3.15. The average Bonchev–Trinajstić information content (AvgIpc) is 3.34. The predicted octanol–water partition coefficient (Wildman–Crippen LogP) is 1.08. The van der Waals surface area contributed by atoms with Crippen LogP contribution < -0.4 is 15.4 Å². The van der Waals surface area contributed by atoms with Gasteiger partial charge in [-0.25, -0.2) is 13.9 Å². The maximum Gasteiger partial charge on any atom is 0.270 e. The topological polar surface area (TPSA) is 118 Å². The summed E-state index contributed by atoms with van der Waals surface area (Å²) in [6.07, 6.45) is 1.28. The molecule has 2 N–H and O–H groups in total. The molecule has 6 aliphatic carbocycles. The van der Waals surface area contributed by atoms with Crippen LogP contribution in [-0.2, 0) is 17.8 Å². The summed E-state index contributed by atoms with van der Waals surface area (Å²) in [5.74, 6) is 3.50. The number of nitrogens with zero attached hydrogens (tertiary/aromatic N) is 4. The minimum absolute atomic E-state index is 0.00273. The SMILES string of the molecule is CN(C)C12C3C4C1C1C2C3C41CNC(=O)c1cc(C(=O)NCc2ccc3c(c2)CC(=O)CO3)nc2c(F)cnn12. The molecule has 40 heavy (non-hydrogen) atoms. The summed E-state index contributed by atoms with van der Waals surface area (Å²) in [4.78, 5) is 44.8. The Balaban J connectivity index is 0.921. The number of ether oxygens (including phenoxy) is 1. The summed E-state index contributed by atoms with van der Waals surface area (Å²) in [5, 5.41) is 9.89. The number of hydrogen-bond donors (Lipinski definition) is 2. The van der Waals surface area contributed by atoms with Crippen LogP contribution in [0.4, 0.5) is 4.39 Å². The third-order valence-electron chi connectivity index (χ3n) is 11.4. The number of carbonyl (C=O) groups excluding carboxylic acids is 3. The van der Waals surface area contributed by atoms with E-state index in [0.717, 1.165) is 39.6 Å². The van der Waals surface area contributed by atoms with Crippen LogP contribution in [-0.4, -0.2) is 69.9 Å². The maximum atomic E-state index is 14.5. The number of carbonyl (C=O) groups is 3. The van der Waals surface area contributed by atoms with Gasteiger partial charge in [0.25, 0.3) is 11.8 Å². The molecule has 10 nitrogen and oxygen atoms in total. The van der Waals surface area contributed by atoms with E-state index in [2.05, 4.69) is 39.7 Å². The molecule has 204 valence electrons. The monoisotopic (exact) mass is 542 g/mol. The van der Waals surface area contributed by atoms with Gasteiger partial charge in [0.15, 0.2) is 17.2 Å². The van der Waals surface area contributed by atoms with E-state index in [1.807, 2.05) is 12.1 Å². The molecule has 6 saturated carbocycles. The molecular formula is C29H27FN6O4. The highest BCUT2D eigenvalue weighted by Gasteiger charge is 3.09. The second kappa shape index (κ2) is 7.06. The number of rotatable bonds is 7. The van der Waals surface area contributed by atoms with Gasteiger partial charge in [-0.3, -0.25) is 14.4 Å². The van der Waals surface area contributed by atoms with Gasteiger partial charge >= 0.3 is 0 Å². The van der Waals surface area contributed by atoms with Crippen LogP contribution in [0.25, 0.3) is 5.65 Å². The Morgan fingerprint density at radius 1 is 1.10 bits per heavy atom. The first-order chi connectivity index (χ1) is 19.3. The number of benzene rings is 1. The predicted molar refractivity (Wildman–Crippen MR) is 137 cm³/mol. The van der Waals surface area contributed by atoms with Crippen LogP contribution in [0.3, 0.4) is 0 Å². The van der Waals surface area contributed by atoms with Crippen molar-refractivity contribution >= 4 is 23.2 Å². The van der Waals surface area contributed by atoms with Crippen LogP contribution >= 0.6 is 0 Å². The molecule has 0 atom stereocenters. The lowest BCUT2D eigenvalue weighted by Gasteiger charge is -3.12. The minimum Gasteiger partial charge on any atom is -0.486 e. The molecule has 0 unspecified atom stereocenters. The lowest BCUT2D eigenvalue weighted by atomic mass is 8.94. The Morgan fingerprint density at radius 3 is 2.58 bits per heavy atom. The molecular weight excluding hydrogens is 515 g/mol. The first-order valence-corrected chi connectivity index (χ1v) is 13.8. The van der Waals surface area contributed by atoms with Gasteiger partial charge in [-0.1, -0.05) is 6.07 Å². The molecule has 3 aromatic rings. The molecule has 1 aliphatic heterocycles. The fourth-order valence-electron chi connectivity index (χ4n) is 10.2. The highest BCUT2D eigenvalue weighted by molar-refractivity contribution is 5.98. The zero-order valence-corrected chi connectivity index (χ0v) is 22.0. The van der Waals surface area contributed by atoms with Gasteiger partial charge in [-0.05, 0) is 72.7 Å². The molecule has 1 aromatic carbocycles. The number of aromatic nitrogens is 3. The standard InChI is InChI=1S/C29H27FN6O4/c1-35(2)29-22-19-23(29)21-24(29)20(22)28(19,21)11-32-27(39)17-7-16(34-25-15(30)9-33-36(17)25)26(38)31-8-12-3-4-18-13(5-12)6-14(37)10-40-18/h3-5,7,9,19-24H,6,8,10-11H2,1-2H3,(H,31,38)(H,32,39). The number of halogens is 1. The fraction of sp³-hybridized carbons (Fsp3) is 0.483. The Bertz CT molecular complexity index is 1660. The van der Waals surface area contributed by atoms with Crippen molar-refractivity contribution < 1.29 is 23.5 Å². The molecule has 11 heteroatoms. The lowest BCUT2D eigenvalue weighted by molar-refractivity contribution is -0.639. The summed E-state index contributed by atoms with van der Waals surface area (Å²) in [7, 11) is 4.40. The van der Waals surface area contributed by atoms with Crippen LogP contribution in [0.15, 0.2) is 30.5 Å². The molecule has 0 bridgehead atoms. The van der Waals surface area contributed by atoms with E-state index in [9.17, 15) is 18.8 Å². The number of Topliss-reactive ketones (excluding diaryl/α,β-unsaturated/α-hetero) is 1. The van der Waals surface area contributed by atoms with Gasteiger partial charge in [0, 0.05) is 36.7 Å². The van der Waals surface area contributed by atoms with Crippen molar-refractivity contribution in [2.45, 2.75) is 18.5 Å². The van der Waals surface area contributed by atoms with Crippen molar-refractivity contribution in [2.75, 3.05) is 27.2 Å². The molecule has 7 aliphatic rings. The second-order valence-electron chi connectivity index (χ2n) is 12.6. The van der Waals surface area contributed by atoms with Gasteiger partial charge in [0.1, 0.15) is 23.7 Å².